The number of rotatable bonds is 8. The van der Waals surface area contributed by atoms with E-state index in [1.807, 2.05) is 31.2 Å². The lowest BCUT2D eigenvalue weighted by molar-refractivity contribution is -0.122. The number of aliphatic hydroxyl groups is 1. The van der Waals surface area contributed by atoms with Gasteiger partial charge in [-0.25, -0.2) is 0 Å². The van der Waals surface area contributed by atoms with Gasteiger partial charge in [0.25, 0.3) is 0 Å². The van der Waals surface area contributed by atoms with E-state index in [-0.39, 0.29) is 12.0 Å². The van der Waals surface area contributed by atoms with Gasteiger partial charge in [-0.3, -0.25) is 9.69 Å². The maximum absolute atomic E-state index is 12.2. The van der Waals surface area contributed by atoms with E-state index in [2.05, 4.69) is 10.2 Å². The summed E-state index contributed by atoms with van der Waals surface area (Å²) >= 11 is 0. The van der Waals surface area contributed by atoms with Crippen LogP contribution in [0.25, 0.3) is 0 Å². The molecule has 23 heavy (non-hydrogen) atoms. The lowest BCUT2D eigenvalue weighted by Crippen LogP contribution is -2.40. The lowest BCUT2D eigenvalue weighted by atomic mass is 10.1. The second-order valence-electron chi connectivity index (χ2n) is 6.33. The number of amides is 1. The zero-order valence-electron chi connectivity index (χ0n) is 14.1. The highest BCUT2D eigenvalue weighted by Gasteiger charge is 2.26. The van der Waals surface area contributed by atoms with E-state index in [4.69, 9.17) is 4.74 Å². The molecule has 1 amide bonds. The van der Waals surface area contributed by atoms with Crippen LogP contribution in [0.2, 0.25) is 0 Å². The fraction of sp³-hybridized carbons (Fsp3) is 0.611. The molecule has 1 heterocycles. The first kappa shape index (κ1) is 17.9. The van der Waals surface area contributed by atoms with Gasteiger partial charge in [-0.15, -0.1) is 0 Å². The molecular formula is C18H28N2O3. The van der Waals surface area contributed by atoms with Gasteiger partial charge >= 0.3 is 0 Å². The van der Waals surface area contributed by atoms with Crippen molar-refractivity contribution in [1.82, 2.24) is 10.2 Å². The van der Waals surface area contributed by atoms with Crippen LogP contribution in [0.15, 0.2) is 24.3 Å². The molecule has 5 nitrogen and oxygen atoms in total. The average molecular weight is 320 g/mol. The summed E-state index contributed by atoms with van der Waals surface area (Å²) in [4.78, 5) is 14.4. The van der Waals surface area contributed by atoms with E-state index in [1.165, 1.54) is 0 Å². The van der Waals surface area contributed by atoms with Crippen LogP contribution in [0, 0.1) is 0 Å². The number of methoxy groups -OCH3 is 1. The largest absolute Gasteiger partial charge is 0.393 e. The molecule has 0 spiro atoms. The van der Waals surface area contributed by atoms with Crippen LogP contribution in [0.3, 0.4) is 0 Å². The Morgan fingerprint density at radius 3 is 2.87 bits per heavy atom. The Bertz CT molecular complexity index is 505. The summed E-state index contributed by atoms with van der Waals surface area (Å²) in [7, 11) is 1.67. The molecular weight excluding hydrogens is 292 g/mol. The number of likely N-dealkylation sites (tertiary alicyclic amines) is 1. The van der Waals surface area contributed by atoms with Crippen molar-refractivity contribution in [1.29, 1.82) is 0 Å². The fourth-order valence-corrected chi connectivity index (χ4v) is 3.22. The Balaban J connectivity index is 1.83. The Kier molecular flexibility index (Phi) is 7.02. The standard InChI is InChI=1S/C18H28N2O3/c1-14(21)10-17-8-5-9-20(17)12-18(22)19-11-15-6-3-4-7-16(15)13-23-2/h3-4,6-7,14,17,21H,5,8-13H2,1-2H3,(H,19,22). The molecule has 0 radical (unpaired) electrons. The predicted molar refractivity (Wildman–Crippen MR) is 89.9 cm³/mol. The molecule has 128 valence electrons. The summed E-state index contributed by atoms with van der Waals surface area (Å²) in [5, 5.41) is 12.6. The van der Waals surface area contributed by atoms with E-state index >= 15 is 0 Å². The van der Waals surface area contributed by atoms with Crippen molar-refractivity contribution in [2.24, 2.45) is 0 Å². The van der Waals surface area contributed by atoms with Crippen molar-refractivity contribution in [2.75, 3.05) is 20.2 Å². The lowest BCUT2D eigenvalue weighted by Gasteiger charge is -2.24. The van der Waals surface area contributed by atoms with Gasteiger partial charge < -0.3 is 15.2 Å². The van der Waals surface area contributed by atoms with Gasteiger partial charge in [-0.2, -0.15) is 0 Å². The quantitative estimate of drug-likeness (QED) is 0.765. The monoisotopic (exact) mass is 320 g/mol. The Morgan fingerprint density at radius 2 is 2.17 bits per heavy atom. The first-order valence-electron chi connectivity index (χ1n) is 8.34. The Morgan fingerprint density at radius 1 is 1.43 bits per heavy atom. The number of hydrogen-bond donors (Lipinski definition) is 2. The fourth-order valence-electron chi connectivity index (χ4n) is 3.22. The average Bonchev–Trinajstić information content (AvgIpc) is 2.93. The number of nitrogens with one attached hydrogen (secondary N) is 1. The van der Waals surface area contributed by atoms with Crippen molar-refractivity contribution in [3.63, 3.8) is 0 Å². The molecule has 1 fully saturated rings. The summed E-state index contributed by atoms with van der Waals surface area (Å²) in [5.41, 5.74) is 2.19. The molecule has 1 aromatic rings. The van der Waals surface area contributed by atoms with Gasteiger partial charge in [0.2, 0.25) is 5.91 Å². The predicted octanol–water partition coefficient (Wildman–Crippen LogP) is 1.68. The minimum Gasteiger partial charge on any atom is -0.393 e. The zero-order chi connectivity index (χ0) is 16.7. The molecule has 1 aliphatic rings. The highest BCUT2D eigenvalue weighted by Crippen LogP contribution is 2.20. The first-order valence-corrected chi connectivity index (χ1v) is 8.34. The second kappa shape index (κ2) is 9.01. The van der Waals surface area contributed by atoms with Crippen LogP contribution in [-0.2, 0) is 22.7 Å². The van der Waals surface area contributed by atoms with Gasteiger partial charge in [-0.1, -0.05) is 24.3 Å². The van der Waals surface area contributed by atoms with Gasteiger partial charge in [0.1, 0.15) is 0 Å². The topological polar surface area (TPSA) is 61.8 Å². The minimum absolute atomic E-state index is 0.0368. The zero-order valence-corrected chi connectivity index (χ0v) is 14.1. The van der Waals surface area contributed by atoms with Crippen molar-refractivity contribution in [3.8, 4) is 0 Å². The Hall–Kier alpha value is -1.43. The molecule has 0 aromatic heterocycles. The highest BCUT2D eigenvalue weighted by molar-refractivity contribution is 5.78. The molecule has 1 aromatic carbocycles. The van der Waals surface area contributed by atoms with E-state index in [9.17, 15) is 9.90 Å². The molecule has 2 atom stereocenters. The SMILES string of the molecule is COCc1ccccc1CNC(=O)CN1CCCC1CC(C)O. The van der Waals surface area contributed by atoms with Crippen LogP contribution < -0.4 is 5.32 Å². The van der Waals surface area contributed by atoms with Crippen LogP contribution >= 0.6 is 0 Å². The third-order valence-corrected chi connectivity index (χ3v) is 4.35. The summed E-state index contributed by atoms with van der Waals surface area (Å²) in [5.74, 6) is 0.0368. The third kappa shape index (κ3) is 5.61. The van der Waals surface area contributed by atoms with Gasteiger partial charge in [0, 0.05) is 19.7 Å². The van der Waals surface area contributed by atoms with Crippen LogP contribution in [0.1, 0.15) is 37.3 Å². The third-order valence-electron chi connectivity index (χ3n) is 4.35. The summed E-state index contributed by atoms with van der Waals surface area (Å²) in [6.45, 7) is 4.22. The first-order chi connectivity index (χ1) is 11.1. The smallest absolute Gasteiger partial charge is 0.234 e. The van der Waals surface area contributed by atoms with Crippen molar-refractivity contribution >= 4 is 5.91 Å². The number of carbonyl (C=O) groups excluding carboxylic acids is 1. The highest BCUT2D eigenvalue weighted by atomic mass is 16.5. The van der Waals surface area contributed by atoms with E-state index in [0.717, 1.165) is 36.9 Å². The summed E-state index contributed by atoms with van der Waals surface area (Å²) in [6, 6.07) is 8.30. The Labute approximate surface area is 138 Å². The molecule has 0 bridgehead atoms. The van der Waals surface area contributed by atoms with E-state index in [1.54, 1.807) is 7.11 Å². The molecule has 2 unspecified atom stereocenters. The molecule has 1 aliphatic heterocycles. The minimum atomic E-state index is -0.315. The molecule has 2 rings (SSSR count). The molecule has 1 saturated heterocycles. The van der Waals surface area contributed by atoms with Crippen LogP contribution in [0.4, 0.5) is 0 Å². The van der Waals surface area contributed by atoms with Gasteiger partial charge in [0.15, 0.2) is 0 Å². The van der Waals surface area contributed by atoms with Gasteiger partial charge in [0.05, 0.1) is 19.3 Å². The van der Waals surface area contributed by atoms with Crippen LogP contribution in [0.5, 0.6) is 0 Å². The molecule has 0 saturated carbocycles. The maximum Gasteiger partial charge on any atom is 0.234 e. The van der Waals surface area contributed by atoms with Crippen molar-refractivity contribution < 1.29 is 14.6 Å². The van der Waals surface area contributed by atoms with Gasteiger partial charge in [-0.05, 0) is 43.9 Å². The molecule has 0 aliphatic carbocycles. The number of nitrogens with zero attached hydrogens (tertiary/aromatic N) is 1. The van der Waals surface area contributed by atoms with Crippen LogP contribution in [-0.4, -0.2) is 48.3 Å². The van der Waals surface area contributed by atoms with E-state index < -0.39 is 0 Å². The molecule has 5 heteroatoms. The maximum atomic E-state index is 12.2. The number of ether oxygens (including phenoxy) is 1. The van der Waals surface area contributed by atoms with Crippen molar-refractivity contribution in [2.45, 2.75) is 51.5 Å². The number of benzene rings is 1. The number of hydrogen-bond acceptors (Lipinski definition) is 4. The number of aliphatic hydroxyl groups excluding tert-OH is 1. The van der Waals surface area contributed by atoms with Crippen molar-refractivity contribution in [3.05, 3.63) is 35.4 Å². The normalized spacial score (nSPS) is 19.7. The summed E-state index contributed by atoms with van der Waals surface area (Å²) in [6.07, 6.45) is 2.59. The number of carbonyl (C=O) groups is 1. The molecule has 2 N–H and O–H groups in total. The summed E-state index contributed by atoms with van der Waals surface area (Å²) < 4.78 is 5.19. The second-order valence-corrected chi connectivity index (χ2v) is 6.33. The van der Waals surface area contributed by atoms with E-state index in [0.29, 0.717) is 25.7 Å².